The lowest BCUT2D eigenvalue weighted by atomic mass is 10.1. The van der Waals surface area contributed by atoms with E-state index in [4.69, 9.17) is 11.2 Å². The lowest BCUT2D eigenvalue weighted by molar-refractivity contribution is -0.145. The third kappa shape index (κ3) is 5.47. The van der Waals surface area contributed by atoms with Gasteiger partial charge in [-0.05, 0) is 33.6 Å². The zero-order valence-corrected chi connectivity index (χ0v) is 14.0. The quantitative estimate of drug-likeness (QED) is 0.617. The molecule has 7 heteroatoms. The Hall–Kier alpha value is -2.23. The molecule has 0 aromatic carbocycles. The third-order valence-electron chi connectivity index (χ3n) is 3.31. The Balaban J connectivity index is 2.75. The molecular weight excluding hydrogens is 300 g/mol. The average Bonchev–Trinajstić information content (AvgIpc) is 2.93. The van der Waals surface area contributed by atoms with Crippen molar-refractivity contribution in [3.63, 3.8) is 0 Å². The van der Waals surface area contributed by atoms with Gasteiger partial charge in [0.15, 0.2) is 0 Å². The summed E-state index contributed by atoms with van der Waals surface area (Å²) in [5, 5.41) is 2.55. The van der Waals surface area contributed by atoms with Gasteiger partial charge in [-0.2, -0.15) is 0 Å². The van der Waals surface area contributed by atoms with Gasteiger partial charge in [0, 0.05) is 13.0 Å². The predicted molar refractivity (Wildman–Crippen MR) is 83.4 cm³/mol. The van der Waals surface area contributed by atoms with Crippen LogP contribution < -0.4 is 5.32 Å². The van der Waals surface area contributed by atoms with E-state index in [-0.39, 0.29) is 6.42 Å². The van der Waals surface area contributed by atoms with Crippen molar-refractivity contribution in [3.8, 4) is 12.3 Å². The molecule has 1 saturated heterocycles. The fourth-order valence-corrected chi connectivity index (χ4v) is 2.30. The molecule has 1 heterocycles. The number of hydrogen-bond acceptors (Lipinski definition) is 5. The van der Waals surface area contributed by atoms with Crippen molar-refractivity contribution in [2.75, 3.05) is 13.7 Å². The van der Waals surface area contributed by atoms with Crippen LogP contribution in [0.3, 0.4) is 0 Å². The number of terminal acetylenes is 1. The summed E-state index contributed by atoms with van der Waals surface area (Å²) in [6.45, 7) is 5.72. The van der Waals surface area contributed by atoms with Gasteiger partial charge in [-0.25, -0.2) is 9.59 Å². The average molecular weight is 324 g/mol. The standard InChI is InChI=1S/C16H24N2O5/c1-6-8-11(14(20)22-5)17-13(19)12-9-7-10-18(12)15(21)23-16(2,3)4/h1,11-12H,7-10H2,2-5H3,(H,17,19)/t11-,12-/m0/s1. The highest BCUT2D eigenvalue weighted by molar-refractivity contribution is 5.90. The molecule has 1 N–H and O–H groups in total. The second-order valence-electron chi connectivity index (χ2n) is 6.32. The van der Waals surface area contributed by atoms with Gasteiger partial charge < -0.3 is 14.8 Å². The highest BCUT2D eigenvalue weighted by Gasteiger charge is 2.37. The van der Waals surface area contributed by atoms with Crippen LogP contribution in [0.2, 0.25) is 0 Å². The van der Waals surface area contributed by atoms with Crippen LogP contribution in [0.4, 0.5) is 4.79 Å². The second-order valence-corrected chi connectivity index (χ2v) is 6.32. The van der Waals surface area contributed by atoms with Crippen molar-refractivity contribution in [2.45, 2.75) is 57.7 Å². The Bertz CT molecular complexity index is 504. The number of nitrogens with zero attached hydrogens (tertiary/aromatic N) is 1. The van der Waals surface area contributed by atoms with Gasteiger partial charge in [0.2, 0.25) is 5.91 Å². The van der Waals surface area contributed by atoms with Crippen LogP contribution in [0.25, 0.3) is 0 Å². The summed E-state index contributed by atoms with van der Waals surface area (Å²) in [6.07, 6.45) is 5.89. The maximum absolute atomic E-state index is 12.4. The maximum Gasteiger partial charge on any atom is 0.410 e. The van der Waals surface area contributed by atoms with Gasteiger partial charge in [-0.1, -0.05) is 0 Å². The summed E-state index contributed by atoms with van der Waals surface area (Å²) < 4.78 is 9.92. The number of amides is 2. The summed E-state index contributed by atoms with van der Waals surface area (Å²) in [7, 11) is 1.22. The number of carbonyl (C=O) groups is 3. The topological polar surface area (TPSA) is 84.9 Å². The monoisotopic (exact) mass is 324 g/mol. The summed E-state index contributed by atoms with van der Waals surface area (Å²) in [5.74, 6) is 1.28. The van der Waals surface area contributed by atoms with Gasteiger partial charge in [0.05, 0.1) is 7.11 Å². The Morgan fingerprint density at radius 1 is 1.39 bits per heavy atom. The molecule has 0 unspecified atom stereocenters. The lowest BCUT2D eigenvalue weighted by Gasteiger charge is -2.28. The van der Waals surface area contributed by atoms with Gasteiger partial charge in [0.1, 0.15) is 17.7 Å². The van der Waals surface area contributed by atoms with Crippen LogP contribution in [-0.2, 0) is 19.1 Å². The molecule has 1 rings (SSSR count). The Kier molecular flexibility index (Phi) is 6.43. The molecule has 128 valence electrons. The van der Waals surface area contributed by atoms with Crippen LogP contribution in [-0.4, -0.2) is 54.2 Å². The molecule has 0 spiro atoms. The number of ether oxygens (including phenoxy) is 2. The number of esters is 1. The number of rotatable bonds is 4. The molecule has 2 atom stereocenters. The van der Waals surface area contributed by atoms with E-state index in [1.165, 1.54) is 12.0 Å². The number of carbonyl (C=O) groups excluding carboxylic acids is 3. The van der Waals surface area contributed by atoms with Crippen molar-refractivity contribution in [1.82, 2.24) is 10.2 Å². The molecule has 0 aliphatic carbocycles. The molecule has 2 amide bonds. The lowest BCUT2D eigenvalue weighted by Crippen LogP contribution is -2.51. The Morgan fingerprint density at radius 3 is 2.57 bits per heavy atom. The van der Waals surface area contributed by atoms with E-state index < -0.39 is 35.7 Å². The Morgan fingerprint density at radius 2 is 2.04 bits per heavy atom. The second kappa shape index (κ2) is 7.86. The molecule has 0 radical (unpaired) electrons. The molecule has 0 aromatic rings. The Labute approximate surface area is 136 Å². The van der Waals surface area contributed by atoms with Crippen LogP contribution >= 0.6 is 0 Å². The van der Waals surface area contributed by atoms with Crippen LogP contribution in [0.1, 0.15) is 40.0 Å². The van der Waals surface area contributed by atoms with Crippen molar-refractivity contribution >= 4 is 18.0 Å². The molecule has 0 saturated carbocycles. The summed E-state index contributed by atoms with van der Waals surface area (Å²) in [5.41, 5.74) is -0.640. The van der Waals surface area contributed by atoms with Gasteiger partial charge in [-0.3, -0.25) is 9.69 Å². The van der Waals surface area contributed by atoms with Crippen molar-refractivity contribution in [3.05, 3.63) is 0 Å². The number of hydrogen-bond donors (Lipinski definition) is 1. The minimum Gasteiger partial charge on any atom is -0.467 e. The first-order chi connectivity index (χ1) is 10.7. The highest BCUT2D eigenvalue weighted by Crippen LogP contribution is 2.21. The number of nitrogens with one attached hydrogen (secondary N) is 1. The van der Waals surface area contributed by atoms with Crippen molar-refractivity contribution in [1.29, 1.82) is 0 Å². The molecule has 1 fully saturated rings. The smallest absolute Gasteiger partial charge is 0.410 e. The first kappa shape index (κ1) is 18.8. The van der Waals surface area contributed by atoms with E-state index in [1.54, 1.807) is 20.8 Å². The zero-order valence-electron chi connectivity index (χ0n) is 14.0. The molecule has 0 bridgehead atoms. The zero-order chi connectivity index (χ0) is 17.6. The third-order valence-corrected chi connectivity index (χ3v) is 3.31. The minimum atomic E-state index is -0.918. The van der Waals surface area contributed by atoms with Gasteiger partial charge in [0.25, 0.3) is 0 Å². The molecule has 1 aliphatic rings. The molecule has 23 heavy (non-hydrogen) atoms. The summed E-state index contributed by atoms with van der Waals surface area (Å²) >= 11 is 0. The van der Waals surface area contributed by atoms with E-state index in [9.17, 15) is 14.4 Å². The van der Waals surface area contributed by atoms with Gasteiger partial charge in [-0.15, -0.1) is 12.3 Å². The summed E-state index contributed by atoms with van der Waals surface area (Å²) in [4.78, 5) is 37.6. The van der Waals surface area contributed by atoms with E-state index in [0.29, 0.717) is 19.4 Å². The van der Waals surface area contributed by atoms with E-state index >= 15 is 0 Å². The number of methoxy groups -OCH3 is 1. The fraction of sp³-hybridized carbons (Fsp3) is 0.688. The SMILES string of the molecule is C#CC[C@H](NC(=O)[C@@H]1CCCN1C(=O)OC(C)(C)C)C(=O)OC. The van der Waals surface area contributed by atoms with E-state index in [2.05, 4.69) is 16.0 Å². The minimum absolute atomic E-state index is 0.0254. The van der Waals surface area contributed by atoms with Crippen LogP contribution in [0.5, 0.6) is 0 Å². The molecule has 0 aromatic heterocycles. The van der Waals surface area contributed by atoms with Crippen molar-refractivity contribution < 1.29 is 23.9 Å². The number of likely N-dealkylation sites (tertiary alicyclic amines) is 1. The van der Waals surface area contributed by atoms with E-state index in [0.717, 1.165) is 0 Å². The fourth-order valence-electron chi connectivity index (χ4n) is 2.30. The predicted octanol–water partition coefficient (Wildman–Crippen LogP) is 1.07. The highest BCUT2D eigenvalue weighted by atomic mass is 16.6. The normalized spacial score (nSPS) is 18.7. The first-order valence-electron chi connectivity index (χ1n) is 7.51. The maximum atomic E-state index is 12.4. The van der Waals surface area contributed by atoms with E-state index in [1.807, 2.05) is 0 Å². The van der Waals surface area contributed by atoms with Crippen molar-refractivity contribution in [2.24, 2.45) is 0 Å². The molecular formula is C16H24N2O5. The van der Waals surface area contributed by atoms with Crippen LogP contribution in [0.15, 0.2) is 0 Å². The first-order valence-corrected chi connectivity index (χ1v) is 7.51. The van der Waals surface area contributed by atoms with Crippen LogP contribution in [0, 0.1) is 12.3 Å². The largest absolute Gasteiger partial charge is 0.467 e. The molecule has 1 aliphatic heterocycles. The molecule has 7 nitrogen and oxygen atoms in total. The summed E-state index contributed by atoms with van der Waals surface area (Å²) in [6, 6.07) is -1.59. The van der Waals surface area contributed by atoms with Gasteiger partial charge >= 0.3 is 12.1 Å².